The fourth-order valence-electron chi connectivity index (χ4n) is 2.24. The number of rotatable bonds is 4. The molecule has 1 aromatic heterocycles. The fraction of sp³-hybridized carbons (Fsp3) is 0.333. The van der Waals surface area contributed by atoms with Crippen molar-refractivity contribution in [1.29, 1.82) is 0 Å². The van der Waals surface area contributed by atoms with E-state index in [1.807, 2.05) is 13.8 Å². The van der Waals surface area contributed by atoms with Gasteiger partial charge in [-0.3, -0.25) is 0 Å². The van der Waals surface area contributed by atoms with Crippen LogP contribution in [-0.2, 0) is 6.42 Å². The first-order valence-electron chi connectivity index (χ1n) is 6.58. The highest BCUT2D eigenvalue weighted by atomic mass is 35.5. The number of carbonyl (C=O) groups is 1. The van der Waals surface area contributed by atoms with Gasteiger partial charge in [-0.05, 0) is 37.5 Å². The molecule has 2 aromatic rings. The van der Waals surface area contributed by atoms with Crippen LogP contribution < -0.4 is 0 Å². The van der Waals surface area contributed by atoms with Gasteiger partial charge in [-0.25, -0.2) is 9.48 Å². The lowest BCUT2D eigenvalue weighted by atomic mass is 10.0. The van der Waals surface area contributed by atoms with Crippen molar-refractivity contribution in [1.82, 2.24) is 9.78 Å². The molecule has 0 aliphatic heterocycles. The monoisotopic (exact) mass is 326 g/mol. The second-order valence-corrected chi connectivity index (χ2v) is 6.13. The molecule has 0 atom stereocenters. The van der Waals surface area contributed by atoms with Gasteiger partial charge in [-0.1, -0.05) is 37.0 Å². The summed E-state index contributed by atoms with van der Waals surface area (Å²) in [6.07, 6.45) is 0.608. The van der Waals surface area contributed by atoms with Crippen LogP contribution in [0.15, 0.2) is 18.2 Å². The third-order valence-electron chi connectivity index (χ3n) is 3.15. The van der Waals surface area contributed by atoms with Gasteiger partial charge in [0.05, 0.1) is 27.1 Å². The van der Waals surface area contributed by atoms with Crippen molar-refractivity contribution in [2.24, 2.45) is 5.92 Å². The second-order valence-electron chi connectivity index (χ2n) is 5.32. The van der Waals surface area contributed by atoms with E-state index in [9.17, 15) is 9.90 Å². The van der Waals surface area contributed by atoms with Crippen LogP contribution in [0.5, 0.6) is 0 Å². The Hall–Kier alpha value is -1.52. The van der Waals surface area contributed by atoms with Crippen LogP contribution in [0.4, 0.5) is 0 Å². The molecular formula is C15H16Cl2N2O2. The van der Waals surface area contributed by atoms with E-state index >= 15 is 0 Å². The van der Waals surface area contributed by atoms with Crippen LogP contribution in [0.1, 0.15) is 35.6 Å². The number of nitrogens with zero attached hydrogens (tertiary/aromatic N) is 2. The van der Waals surface area contributed by atoms with E-state index in [0.29, 0.717) is 39.5 Å². The lowest BCUT2D eigenvalue weighted by Crippen LogP contribution is -2.04. The van der Waals surface area contributed by atoms with Crippen LogP contribution in [0.25, 0.3) is 5.69 Å². The smallest absolute Gasteiger partial charge is 0.339 e. The Morgan fingerprint density at radius 3 is 2.52 bits per heavy atom. The number of carboxylic acids is 1. The van der Waals surface area contributed by atoms with Gasteiger partial charge in [0.25, 0.3) is 0 Å². The van der Waals surface area contributed by atoms with E-state index < -0.39 is 5.97 Å². The molecule has 0 unspecified atom stereocenters. The number of aromatic carboxylic acids is 1. The molecule has 0 aliphatic rings. The van der Waals surface area contributed by atoms with E-state index in [-0.39, 0.29) is 5.56 Å². The first-order chi connectivity index (χ1) is 9.81. The molecule has 0 saturated carbocycles. The minimum absolute atomic E-state index is 0.259. The van der Waals surface area contributed by atoms with Gasteiger partial charge < -0.3 is 5.11 Å². The third-order valence-corrected chi connectivity index (χ3v) is 3.89. The summed E-state index contributed by atoms with van der Waals surface area (Å²) >= 11 is 11.9. The number of benzene rings is 1. The number of hydrogen-bond donors (Lipinski definition) is 1. The standard InChI is InChI=1S/C15H16Cl2N2O2/c1-8(2)6-13-14(15(20)21)9(3)19(18-13)10-4-5-11(16)12(17)7-10/h4-5,7-8H,6H2,1-3H3,(H,20,21). The molecular weight excluding hydrogens is 311 g/mol. The number of carboxylic acid groups (broad SMARTS) is 1. The topological polar surface area (TPSA) is 55.1 Å². The van der Waals surface area contributed by atoms with Crippen LogP contribution >= 0.6 is 23.2 Å². The zero-order valence-corrected chi connectivity index (χ0v) is 13.5. The van der Waals surface area contributed by atoms with E-state index in [0.717, 1.165) is 0 Å². The maximum Gasteiger partial charge on any atom is 0.339 e. The molecule has 1 heterocycles. The Morgan fingerprint density at radius 1 is 1.33 bits per heavy atom. The van der Waals surface area contributed by atoms with Crippen molar-refractivity contribution < 1.29 is 9.90 Å². The summed E-state index contributed by atoms with van der Waals surface area (Å²) in [5.41, 5.74) is 2.12. The van der Waals surface area contributed by atoms with Gasteiger partial charge in [0.1, 0.15) is 5.56 Å². The quantitative estimate of drug-likeness (QED) is 0.906. The largest absolute Gasteiger partial charge is 0.478 e. The van der Waals surface area contributed by atoms with Crippen molar-refractivity contribution in [2.75, 3.05) is 0 Å². The van der Waals surface area contributed by atoms with Crippen LogP contribution in [-0.4, -0.2) is 20.9 Å². The molecule has 1 aromatic carbocycles. The van der Waals surface area contributed by atoms with Crippen molar-refractivity contribution in [3.8, 4) is 5.69 Å². The summed E-state index contributed by atoms with van der Waals surface area (Å²) in [6.45, 7) is 5.79. The van der Waals surface area contributed by atoms with Gasteiger partial charge in [-0.2, -0.15) is 5.10 Å². The summed E-state index contributed by atoms with van der Waals surface area (Å²) < 4.78 is 1.60. The number of aromatic nitrogens is 2. The molecule has 0 radical (unpaired) electrons. The van der Waals surface area contributed by atoms with Gasteiger partial charge in [-0.15, -0.1) is 0 Å². The Balaban J connectivity index is 2.58. The average molecular weight is 327 g/mol. The summed E-state index contributed by atoms with van der Waals surface area (Å²) in [5, 5.41) is 14.7. The molecule has 0 aliphatic carbocycles. The van der Waals surface area contributed by atoms with Crippen molar-refractivity contribution in [3.63, 3.8) is 0 Å². The lowest BCUT2D eigenvalue weighted by molar-refractivity contribution is 0.0694. The number of halogens is 2. The summed E-state index contributed by atoms with van der Waals surface area (Å²) in [5.74, 6) is -0.644. The maximum absolute atomic E-state index is 11.5. The molecule has 0 bridgehead atoms. The molecule has 112 valence electrons. The van der Waals surface area contributed by atoms with Gasteiger partial charge in [0, 0.05) is 0 Å². The fourth-order valence-corrected chi connectivity index (χ4v) is 2.53. The summed E-state index contributed by atoms with van der Waals surface area (Å²) in [4.78, 5) is 11.5. The summed E-state index contributed by atoms with van der Waals surface area (Å²) in [7, 11) is 0. The predicted molar refractivity (Wildman–Crippen MR) is 83.8 cm³/mol. The zero-order chi connectivity index (χ0) is 15.7. The zero-order valence-electron chi connectivity index (χ0n) is 12.0. The van der Waals surface area contributed by atoms with Crippen LogP contribution in [0.3, 0.4) is 0 Å². The van der Waals surface area contributed by atoms with Gasteiger partial charge >= 0.3 is 5.97 Å². The molecule has 21 heavy (non-hydrogen) atoms. The molecule has 0 fully saturated rings. The molecule has 0 saturated heterocycles. The summed E-state index contributed by atoms with van der Waals surface area (Å²) in [6, 6.07) is 5.11. The Kier molecular flexibility index (Phi) is 4.59. The average Bonchev–Trinajstić information content (AvgIpc) is 2.69. The Bertz CT molecular complexity index is 693. The van der Waals surface area contributed by atoms with E-state index in [1.54, 1.807) is 29.8 Å². The Labute approximate surface area is 133 Å². The van der Waals surface area contributed by atoms with Gasteiger partial charge in [0.2, 0.25) is 0 Å². The van der Waals surface area contributed by atoms with E-state index in [2.05, 4.69) is 5.10 Å². The molecule has 0 amide bonds. The van der Waals surface area contributed by atoms with Crippen molar-refractivity contribution >= 4 is 29.2 Å². The Morgan fingerprint density at radius 2 is 2.00 bits per heavy atom. The van der Waals surface area contributed by atoms with Crippen molar-refractivity contribution in [2.45, 2.75) is 27.2 Å². The first-order valence-corrected chi connectivity index (χ1v) is 7.34. The number of hydrogen-bond acceptors (Lipinski definition) is 2. The molecule has 1 N–H and O–H groups in total. The normalized spacial score (nSPS) is 11.1. The lowest BCUT2D eigenvalue weighted by Gasteiger charge is -2.06. The third kappa shape index (κ3) is 3.22. The molecule has 6 heteroatoms. The van der Waals surface area contributed by atoms with E-state index in [1.165, 1.54) is 0 Å². The highest BCUT2D eigenvalue weighted by molar-refractivity contribution is 6.42. The molecule has 4 nitrogen and oxygen atoms in total. The van der Waals surface area contributed by atoms with E-state index in [4.69, 9.17) is 23.2 Å². The van der Waals surface area contributed by atoms with Crippen LogP contribution in [0, 0.1) is 12.8 Å². The van der Waals surface area contributed by atoms with Crippen LogP contribution in [0.2, 0.25) is 10.0 Å². The minimum Gasteiger partial charge on any atom is -0.478 e. The predicted octanol–water partition coefficient (Wildman–Crippen LogP) is 4.38. The SMILES string of the molecule is Cc1c(C(=O)O)c(CC(C)C)nn1-c1ccc(Cl)c(Cl)c1. The highest BCUT2D eigenvalue weighted by Gasteiger charge is 2.22. The maximum atomic E-state index is 11.5. The van der Waals surface area contributed by atoms with Crippen molar-refractivity contribution in [3.05, 3.63) is 45.2 Å². The second kappa shape index (κ2) is 6.08. The first kappa shape index (κ1) is 15.9. The molecule has 0 spiro atoms. The highest BCUT2D eigenvalue weighted by Crippen LogP contribution is 2.26. The minimum atomic E-state index is -0.963. The molecule has 2 rings (SSSR count). The van der Waals surface area contributed by atoms with Gasteiger partial charge in [0.15, 0.2) is 0 Å².